The van der Waals surface area contributed by atoms with Gasteiger partial charge in [0.05, 0.1) is 5.69 Å². The molecule has 0 radical (unpaired) electrons. The van der Waals surface area contributed by atoms with Crippen LogP contribution in [0.15, 0.2) is 6.20 Å². The molecule has 1 heterocycles. The smallest absolute Gasteiger partial charge is 0.157 e. The van der Waals surface area contributed by atoms with Crippen molar-refractivity contribution in [2.45, 2.75) is 33.1 Å². The van der Waals surface area contributed by atoms with Crippen LogP contribution in [-0.2, 0) is 22.1 Å². The molecular formula is C9H16N2O2S. The summed E-state index contributed by atoms with van der Waals surface area (Å²) in [5.74, 6) is 0.861. The Hall–Kier alpha value is -0.840. The standard InChI is InChI=1S/C9H16N2O2S/c1-4-11-6-8(3)10-9(11)7-14(12,13)5-2/h6H,4-5,7H2,1-3H3. The summed E-state index contributed by atoms with van der Waals surface area (Å²) in [5.41, 5.74) is 0.869. The first-order chi connectivity index (χ1) is 6.48. The predicted molar refractivity (Wildman–Crippen MR) is 55.8 cm³/mol. The molecular weight excluding hydrogens is 200 g/mol. The molecule has 0 aliphatic carbocycles. The lowest BCUT2D eigenvalue weighted by molar-refractivity contribution is 0.592. The molecule has 0 saturated carbocycles. The average Bonchev–Trinajstić information content (AvgIpc) is 2.45. The summed E-state index contributed by atoms with van der Waals surface area (Å²) in [7, 11) is -2.98. The topological polar surface area (TPSA) is 52.0 Å². The minimum atomic E-state index is -2.98. The van der Waals surface area contributed by atoms with Crippen molar-refractivity contribution in [3.05, 3.63) is 17.7 Å². The van der Waals surface area contributed by atoms with E-state index >= 15 is 0 Å². The molecule has 0 saturated heterocycles. The second-order valence-corrected chi connectivity index (χ2v) is 5.61. The van der Waals surface area contributed by atoms with Crippen molar-refractivity contribution in [2.75, 3.05) is 5.75 Å². The zero-order valence-corrected chi connectivity index (χ0v) is 9.63. The molecule has 0 spiro atoms. The minimum Gasteiger partial charge on any atom is -0.334 e. The summed E-state index contributed by atoms with van der Waals surface area (Å²) in [6.45, 7) is 6.26. The Morgan fingerprint density at radius 1 is 1.43 bits per heavy atom. The van der Waals surface area contributed by atoms with Crippen LogP contribution in [0.5, 0.6) is 0 Å². The molecule has 1 rings (SSSR count). The van der Waals surface area contributed by atoms with Crippen molar-refractivity contribution in [3.63, 3.8) is 0 Å². The monoisotopic (exact) mass is 216 g/mol. The summed E-state index contributed by atoms with van der Waals surface area (Å²) in [5, 5.41) is 0. The highest BCUT2D eigenvalue weighted by Crippen LogP contribution is 2.07. The summed E-state index contributed by atoms with van der Waals surface area (Å²) in [6.07, 6.45) is 1.88. The average molecular weight is 216 g/mol. The molecule has 0 atom stereocenters. The third-order valence-corrected chi connectivity index (χ3v) is 3.69. The Balaban J connectivity index is 2.96. The first kappa shape index (κ1) is 11.2. The van der Waals surface area contributed by atoms with Gasteiger partial charge in [-0.1, -0.05) is 6.92 Å². The van der Waals surface area contributed by atoms with E-state index in [1.54, 1.807) is 6.92 Å². The summed E-state index contributed by atoms with van der Waals surface area (Å²) in [4.78, 5) is 4.20. The van der Waals surface area contributed by atoms with Crippen LogP contribution < -0.4 is 0 Å². The molecule has 0 N–H and O–H groups in total. The number of aromatic nitrogens is 2. The maximum absolute atomic E-state index is 11.4. The van der Waals surface area contributed by atoms with E-state index in [0.29, 0.717) is 5.82 Å². The van der Waals surface area contributed by atoms with Crippen molar-refractivity contribution in [3.8, 4) is 0 Å². The van der Waals surface area contributed by atoms with Crippen molar-refractivity contribution in [1.82, 2.24) is 9.55 Å². The van der Waals surface area contributed by atoms with Gasteiger partial charge in [-0.25, -0.2) is 13.4 Å². The molecule has 14 heavy (non-hydrogen) atoms. The van der Waals surface area contributed by atoms with E-state index in [1.807, 2.05) is 24.6 Å². The number of nitrogens with zero attached hydrogens (tertiary/aromatic N) is 2. The van der Waals surface area contributed by atoms with E-state index in [-0.39, 0.29) is 11.5 Å². The van der Waals surface area contributed by atoms with Crippen LogP contribution in [-0.4, -0.2) is 23.7 Å². The first-order valence-corrected chi connectivity index (χ1v) is 6.53. The summed E-state index contributed by atoms with van der Waals surface area (Å²) < 4.78 is 24.7. The maximum atomic E-state index is 11.4. The van der Waals surface area contributed by atoms with Crippen LogP contribution in [0.2, 0.25) is 0 Å². The Morgan fingerprint density at radius 2 is 2.07 bits per heavy atom. The Labute approximate surface area is 84.9 Å². The Morgan fingerprint density at radius 3 is 2.57 bits per heavy atom. The molecule has 0 bridgehead atoms. The van der Waals surface area contributed by atoms with Gasteiger partial charge < -0.3 is 4.57 Å². The van der Waals surface area contributed by atoms with E-state index in [9.17, 15) is 8.42 Å². The van der Waals surface area contributed by atoms with Crippen LogP contribution in [0.1, 0.15) is 25.4 Å². The third kappa shape index (κ3) is 2.57. The summed E-state index contributed by atoms with van der Waals surface area (Å²) >= 11 is 0. The fourth-order valence-corrected chi connectivity index (χ4v) is 2.11. The van der Waals surface area contributed by atoms with Crippen molar-refractivity contribution in [2.24, 2.45) is 0 Å². The van der Waals surface area contributed by atoms with Crippen molar-refractivity contribution >= 4 is 9.84 Å². The molecule has 0 amide bonds. The first-order valence-electron chi connectivity index (χ1n) is 4.71. The highest BCUT2D eigenvalue weighted by molar-refractivity contribution is 7.90. The van der Waals surface area contributed by atoms with E-state index in [0.717, 1.165) is 12.2 Å². The minimum absolute atomic E-state index is 0.0468. The number of sulfone groups is 1. The normalized spacial score (nSPS) is 11.9. The molecule has 0 unspecified atom stereocenters. The fourth-order valence-electron chi connectivity index (χ4n) is 1.28. The fraction of sp³-hybridized carbons (Fsp3) is 0.667. The number of rotatable bonds is 4. The number of imidazole rings is 1. The molecule has 0 fully saturated rings. The van der Waals surface area contributed by atoms with Crippen LogP contribution in [0, 0.1) is 6.92 Å². The number of hydrogen-bond donors (Lipinski definition) is 0. The van der Waals surface area contributed by atoms with Gasteiger partial charge in [0.25, 0.3) is 0 Å². The second-order valence-electron chi connectivity index (χ2n) is 3.26. The lowest BCUT2D eigenvalue weighted by Gasteiger charge is -2.03. The van der Waals surface area contributed by atoms with E-state index in [4.69, 9.17) is 0 Å². The lowest BCUT2D eigenvalue weighted by atomic mass is 10.6. The SMILES string of the molecule is CCn1cc(C)nc1CS(=O)(=O)CC. The molecule has 5 heteroatoms. The van der Waals surface area contributed by atoms with Gasteiger partial charge in [0.1, 0.15) is 11.6 Å². The van der Waals surface area contributed by atoms with Gasteiger partial charge in [-0.15, -0.1) is 0 Å². The largest absolute Gasteiger partial charge is 0.334 e. The van der Waals surface area contributed by atoms with Gasteiger partial charge in [-0.3, -0.25) is 0 Å². The van der Waals surface area contributed by atoms with Crippen LogP contribution >= 0.6 is 0 Å². The van der Waals surface area contributed by atoms with E-state index in [2.05, 4.69) is 4.98 Å². The highest BCUT2D eigenvalue weighted by Gasteiger charge is 2.13. The predicted octanol–water partition coefficient (Wildman–Crippen LogP) is 1.15. The molecule has 1 aromatic rings. The zero-order chi connectivity index (χ0) is 10.8. The lowest BCUT2D eigenvalue weighted by Crippen LogP contribution is -2.11. The van der Waals surface area contributed by atoms with Gasteiger partial charge in [0, 0.05) is 18.5 Å². The third-order valence-electron chi connectivity index (χ3n) is 2.11. The van der Waals surface area contributed by atoms with E-state index < -0.39 is 9.84 Å². The van der Waals surface area contributed by atoms with E-state index in [1.165, 1.54) is 0 Å². The maximum Gasteiger partial charge on any atom is 0.157 e. The molecule has 0 aliphatic heterocycles. The molecule has 0 aliphatic rings. The van der Waals surface area contributed by atoms with Crippen LogP contribution in [0.25, 0.3) is 0 Å². The summed E-state index contributed by atoms with van der Waals surface area (Å²) in [6, 6.07) is 0. The number of aryl methyl sites for hydroxylation is 2. The molecule has 1 aromatic heterocycles. The Kier molecular flexibility index (Phi) is 3.31. The quantitative estimate of drug-likeness (QED) is 0.758. The molecule has 0 aromatic carbocycles. The van der Waals surface area contributed by atoms with Gasteiger partial charge in [0.2, 0.25) is 0 Å². The Bertz CT molecular complexity index is 406. The van der Waals surface area contributed by atoms with Gasteiger partial charge >= 0.3 is 0 Å². The van der Waals surface area contributed by atoms with Crippen molar-refractivity contribution in [1.29, 1.82) is 0 Å². The van der Waals surface area contributed by atoms with Gasteiger partial charge in [0.15, 0.2) is 9.84 Å². The van der Waals surface area contributed by atoms with Crippen molar-refractivity contribution < 1.29 is 8.42 Å². The number of hydrogen-bond acceptors (Lipinski definition) is 3. The molecule has 80 valence electrons. The zero-order valence-electron chi connectivity index (χ0n) is 8.82. The van der Waals surface area contributed by atoms with Crippen LogP contribution in [0.4, 0.5) is 0 Å². The van der Waals surface area contributed by atoms with Crippen LogP contribution in [0.3, 0.4) is 0 Å². The molecule has 4 nitrogen and oxygen atoms in total. The highest BCUT2D eigenvalue weighted by atomic mass is 32.2. The van der Waals surface area contributed by atoms with Gasteiger partial charge in [-0.2, -0.15) is 0 Å². The van der Waals surface area contributed by atoms with Gasteiger partial charge in [-0.05, 0) is 13.8 Å². The second kappa shape index (κ2) is 4.13.